The van der Waals surface area contributed by atoms with Crippen LogP contribution in [0.2, 0.25) is 0 Å². The smallest absolute Gasteiger partial charge is 0.222 e. The molecule has 0 aliphatic heterocycles. The van der Waals surface area contributed by atoms with Crippen molar-refractivity contribution in [1.29, 1.82) is 0 Å². The minimum atomic E-state index is -2.83. The Bertz CT molecular complexity index is 1330. The molecule has 406 valence electrons. The van der Waals surface area contributed by atoms with E-state index in [1.807, 2.05) is 13.8 Å². The van der Waals surface area contributed by atoms with Crippen molar-refractivity contribution in [1.82, 2.24) is 10.6 Å². The van der Waals surface area contributed by atoms with Crippen LogP contribution in [0, 0.1) is 6.66 Å². The van der Waals surface area contributed by atoms with E-state index in [4.69, 9.17) is 61.4 Å². The molecule has 0 bridgehead atoms. The first kappa shape index (κ1) is 66.7. The van der Waals surface area contributed by atoms with Gasteiger partial charge in [-0.25, -0.2) is 0 Å². The Morgan fingerprint density at radius 1 is 0.406 bits per heavy atom. The zero-order valence-corrected chi connectivity index (χ0v) is 43.4. The maximum absolute atomic E-state index is 13.3. The van der Waals surface area contributed by atoms with Crippen LogP contribution >= 0.6 is 7.37 Å². The topological polar surface area (TPSA) is 246 Å². The van der Waals surface area contributed by atoms with Crippen LogP contribution in [-0.4, -0.2) is 214 Å². The van der Waals surface area contributed by atoms with Gasteiger partial charge in [-0.05, 0) is 32.1 Å². The minimum Gasteiger partial charge on any atom is -0.382 e. The summed E-state index contributed by atoms with van der Waals surface area (Å²) < 4.78 is 81.5. The van der Waals surface area contributed by atoms with Crippen molar-refractivity contribution in [2.45, 2.75) is 102 Å². The van der Waals surface area contributed by atoms with Gasteiger partial charge in [-0.15, -0.1) is 0 Å². The zero-order valence-electron chi connectivity index (χ0n) is 42.5. The molecule has 0 saturated heterocycles. The maximum atomic E-state index is 13.3. The van der Waals surface area contributed by atoms with Crippen molar-refractivity contribution in [2.24, 2.45) is 0 Å². The normalized spacial score (nSPS) is 13.3. The fraction of sp³-hybridized carbons (Fsp3) is 0.872. The molecule has 0 aliphatic carbocycles. The summed E-state index contributed by atoms with van der Waals surface area (Å²) in [6.45, 7) is 15.1. The van der Waals surface area contributed by atoms with Crippen LogP contribution in [0.15, 0.2) is 0 Å². The first-order valence-corrected chi connectivity index (χ1v) is 26.2. The lowest BCUT2D eigenvalue weighted by atomic mass is 9.99. The molecule has 3 atom stereocenters. The number of carbonyl (C=O) groups is 5. The van der Waals surface area contributed by atoms with Crippen molar-refractivity contribution >= 4 is 36.5 Å². The molecule has 2 N–H and O–H groups in total. The number of ether oxygens (including phenoxy) is 12. The molecule has 0 saturated carbocycles. The lowest BCUT2D eigenvalue weighted by Crippen LogP contribution is -2.44. The minimum absolute atomic E-state index is 0.00537. The summed E-state index contributed by atoms with van der Waals surface area (Å²) in [6, 6.07) is -1.86. The second kappa shape index (κ2) is 48.0. The van der Waals surface area contributed by atoms with E-state index < -0.39 is 31.3 Å². The van der Waals surface area contributed by atoms with Gasteiger partial charge in [0.15, 0.2) is 11.6 Å². The standard InChI is InChI=1S/C47H88N2O19P/c1-40(2)69(6,55)68-39-38-67-37-36-66-35-34-65-33-32-64-31-30-63-29-28-62-21-17-47(54)49-43(45(52)12-9-20-61-27-24-58-5)15-16-46(53)48-42(44(51)11-8-19-60-26-23-57-4)14-13-41(50)10-7-18-59-25-22-56-3/h40,42-43H,6-39H2,1-5H3,(H,48,53)(H,49,54)/q-1. The molecular formula is C47H88N2O19P-. The monoisotopic (exact) mass is 1020 g/mol. The van der Waals surface area contributed by atoms with E-state index in [2.05, 4.69) is 17.3 Å². The SMILES string of the molecule is [CH2-]P(=O)(OCCOCCOCCOCCOCCOCCOCCC(=O)NC(CCC(=O)NC(CCC(=O)CCCOCCOC)C(=O)CCCOCCOC)C(=O)CCCOCCOC)C(C)C. The fourth-order valence-electron chi connectivity index (χ4n) is 5.78. The molecule has 0 heterocycles. The van der Waals surface area contributed by atoms with Gasteiger partial charge in [0.05, 0.1) is 145 Å². The van der Waals surface area contributed by atoms with Crippen LogP contribution in [0.3, 0.4) is 0 Å². The van der Waals surface area contributed by atoms with Crippen molar-refractivity contribution in [3.05, 3.63) is 6.66 Å². The molecule has 69 heavy (non-hydrogen) atoms. The number of methoxy groups -OCH3 is 3. The van der Waals surface area contributed by atoms with Gasteiger partial charge in [0, 0.05) is 85.3 Å². The number of Topliss-reactive ketones (excluding diaryl/α,β-unsaturated/α-hetero) is 3. The molecule has 0 aliphatic rings. The van der Waals surface area contributed by atoms with Gasteiger partial charge in [0.2, 0.25) is 11.8 Å². The molecule has 0 fully saturated rings. The molecule has 0 radical (unpaired) electrons. The van der Waals surface area contributed by atoms with E-state index in [9.17, 15) is 28.5 Å². The number of hydrogen-bond acceptors (Lipinski definition) is 19. The van der Waals surface area contributed by atoms with E-state index in [0.717, 1.165) is 0 Å². The molecule has 0 aromatic carbocycles. The Morgan fingerprint density at radius 2 is 0.725 bits per heavy atom. The Kier molecular flexibility index (Phi) is 46.3. The van der Waals surface area contributed by atoms with Crippen molar-refractivity contribution < 1.29 is 89.9 Å². The first-order chi connectivity index (χ1) is 33.4. The molecule has 0 aromatic heterocycles. The van der Waals surface area contributed by atoms with Gasteiger partial charge in [-0.1, -0.05) is 13.8 Å². The summed E-state index contributed by atoms with van der Waals surface area (Å²) in [5, 5.41) is 5.54. The number of nitrogens with one attached hydrogen (secondary N) is 2. The van der Waals surface area contributed by atoms with Crippen molar-refractivity contribution in [2.75, 3.05) is 167 Å². The number of carbonyl (C=O) groups excluding carboxylic acids is 5. The highest BCUT2D eigenvalue weighted by molar-refractivity contribution is 7.60. The predicted octanol–water partition coefficient (Wildman–Crippen LogP) is 3.54. The molecule has 22 heteroatoms. The summed E-state index contributed by atoms with van der Waals surface area (Å²) in [6.07, 6.45) is 1.98. The predicted molar refractivity (Wildman–Crippen MR) is 257 cm³/mol. The molecular weight excluding hydrogens is 927 g/mol. The van der Waals surface area contributed by atoms with Crippen LogP contribution < -0.4 is 10.6 Å². The third-order valence-corrected chi connectivity index (χ3v) is 12.1. The Hall–Kier alpha value is -2.34. The lowest BCUT2D eigenvalue weighted by Gasteiger charge is -2.24. The molecule has 21 nitrogen and oxygen atoms in total. The van der Waals surface area contributed by atoms with E-state index >= 15 is 0 Å². The average molecular weight is 1020 g/mol. The van der Waals surface area contributed by atoms with E-state index in [1.54, 1.807) is 21.3 Å². The van der Waals surface area contributed by atoms with Gasteiger partial charge in [0.1, 0.15) is 5.78 Å². The highest BCUT2D eigenvalue weighted by Crippen LogP contribution is 2.49. The third-order valence-electron chi connectivity index (χ3n) is 9.94. The van der Waals surface area contributed by atoms with Crippen molar-refractivity contribution in [3.8, 4) is 0 Å². The zero-order chi connectivity index (χ0) is 51.1. The fourth-order valence-corrected chi connectivity index (χ4v) is 6.46. The van der Waals surface area contributed by atoms with Gasteiger partial charge in [-0.2, -0.15) is 0 Å². The van der Waals surface area contributed by atoms with Crippen LogP contribution in [0.1, 0.15) is 84.5 Å². The van der Waals surface area contributed by atoms with Crippen LogP contribution in [-0.2, 0) is 89.9 Å². The largest absolute Gasteiger partial charge is 0.382 e. The number of amides is 2. The highest BCUT2D eigenvalue weighted by atomic mass is 31.2. The number of ketones is 3. The van der Waals surface area contributed by atoms with Crippen LogP contribution in [0.4, 0.5) is 0 Å². The summed E-state index contributed by atoms with van der Waals surface area (Å²) in [5.41, 5.74) is -0.129. The van der Waals surface area contributed by atoms with E-state index in [-0.39, 0.29) is 101 Å². The molecule has 3 unspecified atom stereocenters. The van der Waals surface area contributed by atoms with Gasteiger partial charge in [-0.3, -0.25) is 30.6 Å². The van der Waals surface area contributed by atoms with Gasteiger partial charge < -0.3 is 76.6 Å². The Balaban J connectivity index is 4.68. The summed E-state index contributed by atoms with van der Waals surface area (Å²) in [7, 11) is 1.88. The molecule has 0 aromatic rings. The number of rotatable bonds is 54. The van der Waals surface area contributed by atoms with E-state index in [1.165, 1.54) is 0 Å². The van der Waals surface area contributed by atoms with Gasteiger partial charge >= 0.3 is 0 Å². The summed E-state index contributed by atoms with van der Waals surface area (Å²) >= 11 is 0. The second-order valence-electron chi connectivity index (χ2n) is 16.0. The Labute approximate surface area is 411 Å². The van der Waals surface area contributed by atoms with E-state index in [0.29, 0.717) is 138 Å². The first-order valence-electron chi connectivity index (χ1n) is 24.3. The maximum Gasteiger partial charge on any atom is 0.222 e. The highest BCUT2D eigenvalue weighted by Gasteiger charge is 2.25. The molecule has 2 amide bonds. The lowest BCUT2D eigenvalue weighted by molar-refractivity contribution is -0.130. The van der Waals surface area contributed by atoms with Crippen molar-refractivity contribution in [3.63, 3.8) is 0 Å². The average Bonchev–Trinajstić information content (AvgIpc) is 3.32. The summed E-state index contributed by atoms with van der Waals surface area (Å²) in [4.78, 5) is 65.5. The second-order valence-corrected chi connectivity index (χ2v) is 18.7. The molecule has 0 spiro atoms. The molecule has 0 rings (SSSR count). The Morgan fingerprint density at radius 3 is 1.12 bits per heavy atom. The number of hydrogen-bond donors (Lipinski definition) is 2. The van der Waals surface area contributed by atoms with Crippen LogP contribution in [0.25, 0.3) is 0 Å². The van der Waals surface area contributed by atoms with Gasteiger partial charge in [0.25, 0.3) is 0 Å². The third kappa shape index (κ3) is 43.0. The summed E-state index contributed by atoms with van der Waals surface area (Å²) in [5.74, 6) is -1.42. The quantitative estimate of drug-likeness (QED) is 0.0503. The van der Waals surface area contributed by atoms with Crippen LogP contribution in [0.5, 0.6) is 0 Å².